The van der Waals surface area contributed by atoms with E-state index in [2.05, 4.69) is 46.1 Å². The Morgan fingerprint density at radius 1 is 1.19 bits per heavy atom. The van der Waals surface area contributed by atoms with Crippen LogP contribution in [0.25, 0.3) is 0 Å². The van der Waals surface area contributed by atoms with Gasteiger partial charge in [-0.1, -0.05) is 24.3 Å². The van der Waals surface area contributed by atoms with Crippen LogP contribution in [0.3, 0.4) is 0 Å². The molecule has 2 aliphatic rings. The molecule has 1 aromatic heterocycles. The number of benzene rings is 1. The molecule has 3 heterocycles. The summed E-state index contributed by atoms with van der Waals surface area (Å²) in [7, 11) is 2.23. The van der Waals surface area contributed by atoms with Crippen LogP contribution in [-0.4, -0.2) is 53.1 Å². The van der Waals surface area contributed by atoms with Gasteiger partial charge in [-0.15, -0.1) is 0 Å². The van der Waals surface area contributed by atoms with Crippen molar-refractivity contribution in [3.63, 3.8) is 0 Å². The standard InChI is InChI=1S/C21H26FN3O/c1-24-11-7-16-4-2-3-5-18(16)21(24)8-12-25(13-9-21)15-20(26)17-6-10-23-14-19(17)22/h2-6,10,14,20,26H,7-9,11-13,15H2,1H3. The van der Waals surface area contributed by atoms with Crippen LogP contribution >= 0.6 is 0 Å². The molecule has 4 nitrogen and oxygen atoms in total. The molecule has 5 heteroatoms. The summed E-state index contributed by atoms with van der Waals surface area (Å²) < 4.78 is 13.8. The molecule has 0 radical (unpaired) electrons. The van der Waals surface area contributed by atoms with Crippen molar-refractivity contribution in [2.75, 3.05) is 33.2 Å². The monoisotopic (exact) mass is 355 g/mol. The highest BCUT2D eigenvalue weighted by molar-refractivity contribution is 5.37. The van der Waals surface area contributed by atoms with Gasteiger partial charge in [-0.2, -0.15) is 0 Å². The van der Waals surface area contributed by atoms with Gasteiger partial charge in [-0.25, -0.2) is 4.39 Å². The molecule has 138 valence electrons. The number of likely N-dealkylation sites (tertiary alicyclic amines) is 1. The first kappa shape index (κ1) is 17.6. The summed E-state index contributed by atoms with van der Waals surface area (Å²) in [6, 6.07) is 10.4. The van der Waals surface area contributed by atoms with Crippen LogP contribution in [0.5, 0.6) is 0 Å². The summed E-state index contributed by atoms with van der Waals surface area (Å²) in [6.45, 7) is 3.36. The first-order valence-electron chi connectivity index (χ1n) is 9.39. The fourth-order valence-corrected chi connectivity index (χ4v) is 4.66. The van der Waals surface area contributed by atoms with Crippen LogP contribution in [-0.2, 0) is 12.0 Å². The Balaban J connectivity index is 1.47. The van der Waals surface area contributed by atoms with Crippen LogP contribution in [0.2, 0.25) is 0 Å². The summed E-state index contributed by atoms with van der Waals surface area (Å²) in [5.74, 6) is -0.436. The molecule has 1 spiro atoms. The van der Waals surface area contributed by atoms with Crippen molar-refractivity contribution in [2.45, 2.75) is 30.9 Å². The van der Waals surface area contributed by atoms with Gasteiger partial charge in [-0.05, 0) is 43.5 Å². The van der Waals surface area contributed by atoms with Gasteiger partial charge in [0.05, 0.1) is 12.3 Å². The zero-order valence-corrected chi connectivity index (χ0v) is 15.2. The number of rotatable bonds is 3. The first-order chi connectivity index (χ1) is 12.6. The van der Waals surface area contributed by atoms with Crippen LogP contribution in [0, 0.1) is 5.82 Å². The second-order valence-corrected chi connectivity index (χ2v) is 7.57. The Kier molecular flexibility index (Phi) is 4.78. The van der Waals surface area contributed by atoms with Gasteiger partial charge in [0.1, 0.15) is 5.82 Å². The highest BCUT2D eigenvalue weighted by Crippen LogP contribution is 2.42. The van der Waals surface area contributed by atoms with Gasteiger partial charge in [-0.3, -0.25) is 9.88 Å². The molecule has 26 heavy (non-hydrogen) atoms. The van der Waals surface area contributed by atoms with Crippen LogP contribution in [0.1, 0.15) is 35.6 Å². The van der Waals surface area contributed by atoms with Crippen molar-refractivity contribution in [1.82, 2.24) is 14.8 Å². The summed E-state index contributed by atoms with van der Waals surface area (Å²) in [4.78, 5) is 8.51. The van der Waals surface area contributed by atoms with E-state index in [1.165, 1.54) is 17.3 Å². The van der Waals surface area contributed by atoms with E-state index in [0.717, 1.165) is 45.1 Å². The van der Waals surface area contributed by atoms with E-state index in [9.17, 15) is 9.50 Å². The second-order valence-electron chi connectivity index (χ2n) is 7.57. The summed E-state index contributed by atoms with van der Waals surface area (Å²) in [5, 5.41) is 10.4. The number of aliphatic hydroxyl groups excluding tert-OH is 1. The van der Waals surface area contributed by atoms with Crippen molar-refractivity contribution in [3.8, 4) is 0 Å². The Morgan fingerprint density at radius 2 is 1.96 bits per heavy atom. The lowest BCUT2D eigenvalue weighted by molar-refractivity contribution is 0.0112. The molecule has 1 atom stereocenters. The molecule has 0 bridgehead atoms. The predicted molar refractivity (Wildman–Crippen MR) is 99.3 cm³/mol. The van der Waals surface area contributed by atoms with E-state index in [-0.39, 0.29) is 5.54 Å². The lowest BCUT2D eigenvalue weighted by Gasteiger charge is -2.51. The molecule has 0 aliphatic carbocycles. The third kappa shape index (κ3) is 3.04. The van der Waals surface area contributed by atoms with Crippen LogP contribution in [0.15, 0.2) is 42.7 Å². The Labute approximate surface area is 154 Å². The Morgan fingerprint density at radius 3 is 2.73 bits per heavy atom. The summed E-state index contributed by atoms with van der Waals surface area (Å²) in [5.41, 5.74) is 3.37. The van der Waals surface area contributed by atoms with Crippen LogP contribution in [0.4, 0.5) is 4.39 Å². The number of fused-ring (bicyclic) bond motifs is 2. The number of aliphatic hydroxyl groups is 1. The molecule has 0 amide bonds. The Bertz CT molecular complexity index is 773. The van der Waals surface area contributed by atoms with Gasteiger partial charge in [0, 0.05) is 43.5 Å². The molecule has 0 saturated carbocycles. The van der Waals surface area contributed by atoms with Crippen LogP contribution < -0.4 is 0 Å². The number of hydrogen-bond acceptors (Lipinski definition) is 4. The highest BCUT2D eigenvalue weighted by Gasteiger charge is 2.43. The van der Waals surface area contributed by atoms with Crippen molar-refractivity contribution in [3.05, 3.63) is 65.2 Å². The minimum atomic E-state index is -0.816. The molecular weight excluding hydrogens is 329 g/mol. The van der Waals surface area contributed by atoms with Crippen molar-refractivity contribution >= 4 is 0 Å². The zero-order valence-electron chi connectivity index (χ0n) is 15.2. The third-order valence-corrected chi connectivity index (χ3v) is 6.24. The SMILES string of the molecule is CN1CCc2ccccc2C12CCN(CC(O)c1ccncc1F)CC2. The largest absolute Gasteiger partial charge is 0.387 e. The minimum absolute atomic E-state index is 0.0954. The number of hydrogen-bond donors (Lipinski definition) is 1. The number of β-amino-alcohol motifs (C(OH)–C–C–N with tert-alkyl or cyclic N) is 1. The van der Waals surface area contributed by atoms with Crippen molar-refractivity contribution in [1.29, 1.82) is 0 Å². The van der Waals surface area contributed by atoms with Crippen molar-refractivity contribution < 1.29 is 9.50 Å². The average molecular weight is 355 g/mol. The first-order valence-corrected chi connectivity index (χ1v) is 9.39. The average Bonchev–Trinajstić information content (AvgIpc) is 2.67. The molecule has 4 rings (SSSR count). The molecule has 1 aromatic carbocycles. The Hall–Kier alpha value is -1.82. The lowest BCUT2D eigenvalue weighted by Crippen LogP contribution is -2.55. The quantitative estimate of drug-likeness (QED) is 0.919. The fraction of sp³-hybridized carbons (Fsp3) is 0.476. The van der Waals surface area contributed by atoms with E-state index < -0.39 is 11.9 Å². The van der Waals surface area contributed by atoms with E-state index >= 15 is 0 Å². The van der Waals surface area contributed by atoms with Gasteiger partial charge in [0.25, 0.3) is 0 Å². The van der Waals surface area contributed by atoms with E-state index in [1.807, 2.05) is 0 Å². The number of halogens is 1. The molecule has 2 aliphatic heterocycles. The van der Waals surface area contributed by atoms with E-state index in [1.54, 1.807) is 6.07 Å². The number of likely N-dealkylation sites (N-methyl/N-ethyl adjacent to an activating group) is 1. The summed E-state index contributed by atoms with van der Waals surface area (Å²) >= 11 is 0. The minimum Gasteiger partial charge on any atom is -0.387 e. The number of nitrogens with zero attached hydrogens (tertiary/aromatic N) is 3. The third-order valence-electron chi connectivity index (χ3n) is 6.24. The maximum Gasteiger partial charge on any atom is 0.147 e. The normalized spacial score (nSPS) is 21.5. The number of piperidine rings is 1. The van der Waals surface area contributed by atoms with Gasteiger partial charge >= 0.3 is 0 Å². The number of pyridine rings is 1. The molecule has 2 aromatic rings. The van der Waals surface area contributed by atoms with Crippen molar-refractivity contribution in [2.24, 2.45) is 0 Å². The van der Waals surface area contributed by atoms with E-state index in [0.29, 0.717) is 12.1 Å². The van der Waals surface area contributed by atoms with E-state index in [4.69, 9.17) is 0 Å². The maximum absolute atomic E-state index is 13.8. The molecule has 1 N–H and O–H groups in total. The smallest absolute Gasteiger partial charge is 0.147 e. The number of aromatic nitrogens is 1. The summed E-state index contributed by atoms with van der Waals surface area (Å²) in [6.07, 6.45) is 5.05. The van der Waals surface area contributed by atoms with Gasteiger partial charge in [0.2, 0.25) is 0 Å². The van der Waals surface area contributed by atoms with Gasteiger partial charge in [0.15, 0.2) is 0 Å². The topological polar surface area (TPSA) is 39.6 Å². The predicted octanol–water partition coefficient (Wildman–Crippen LogP) is 2.73. The van der Waals surface area contributed by atoms with Gasteiger partial charge < -0.3 is 10.0 Å². The maximum atomic E-state index is 13.8. The molecule has 1 unspecified atom stereocenters. The second kappa shape index (κ2) is 7.06. The molecule has 1 fully saturated rings. The molecular formula is C21H26FN3O. The fourth-order valence-electron chi connectivity index (χ4n) is 4.66. The molecule has 1 saturated heterocycles. The zero-order chi connectivity index (χ0) is 18.1. The lowest BCUT2D eigenvalue weighted by atomic mass is 9.74. The highest BCUT2D eigenvalue weighted by atomic mass is 19.1.